The number of nitrogens with zero attached hydrogens (tertiary/aromatic N) is 3. The van der Waals surface area contributed by atoms with Gasteiger partial charge in [0, 0.05) is 32.1 Å². The van der Waals surface area contributed by atoms with E-state index in [0.29, 0.717) is 31.9 Å². The first-order valence-corrected chi connectivity index (χ1v) is 8.33. The van der Waals surface area contributed by atoms with Crippen molar-refractivity contribution in [1.82, 2.24) is 29.5 Å². The molecule has 1 atom stereocenters. The van der Waals surface area contributed by atoms with Crippen molar-refractivity contribution in [3.05, 3.63) is 12.2 Å². The molecule has 1 aromatic rings. The Hall–Kier alpha value is -1.03. The van der Waals surface area contributed by atoms with Gasteiger partial charge in [-0.25, -0.2) is 9.71 Å². The van der Waals surface area contributed by atoms with Gasteiger partial charge < -0.3 is 5.32 Å². The van der Waals surface area contributed by atoms with Crippen molar-refractivity contribution in [3.8, 4) is 0 Å². The Morgan fingerprint density at radius 2 is 2.35 bits per heavy atom. The van der Waals surface area contributed by atoms with E-state index in [0.717, 1.165) is 19.3 Å². The van der Waals surface area contributed by atoms with Gasteiger partial charge in [0.1, 0.15) is 12.2 Å². The lowest BCUT2D eigenvalue weighted by Crippen LogP contribution is -2.52. The average molecular weight is 302 g/mol. The van der Waals surface area contributed by atoms with E-state index in [-0.39, 0.29) is 6.04 Å². The minimum absolute atomic E-state index is 0.0385. The summed E-state index contributed by atoms with van der Waals surface area (Å²) < 4.78 is 28.9. The van der Waals surface area contributed by atoms with Crippen LogP contribution >= 0.6 is 0 Å². The van der Waals surface area contributed by atoms with Crippen LogP contribution in [0.3, 0.4) is 0 Å². The third-order valence-corrected chi connectivity index (χ3v) is 5.10. The summed E-state index contributed by atoms with van der Waals surface area (Å²) in [7, 11) is -1.58. The van der Waals surface area contributed by atoms with E-state index < -0.39 is 10.2 Å². The number of nitrogens with one attached hydrogen (secondary N) is 3. The smallest absolute Gasteiger partial charge is 0.279 e. The zero-order valence-corrected chi connectivity index (χ0v) is 12.5. The van der Waals surface area contributed by atoms with Crippen molar-refractivity contribution < 1.29 is 8.42 Å². The summed E-state index contributed by atoms with van der Waals surface area (Å²) in [6.07, 6.45) is 4.82. The van der Waals surface area contributed by atoms with E-state index in [9.17, 15) is 8.42 Å². The highest BCUT2D eigenvalue weighted by atomic mass is 32.2. The van der Waals surface area contributed by atoms with E-state index in [4.69, 9.17) is 0 Å². The van der Waals surface area contributed by atoms with Gasteiger partial charge in [-0.05, 0) is 19.9 Å². The summed E-state index contributed by atoms with van der Waals surface area (Å²) in [6.45, 7) is 1.59. The Kier molecular flexibility index (Phi) is 5.46. The maximum atomic E-state index is 12.3. The number of hydrogen-bond acceptors (Lipinski definition) is 5. The molecule has 0 aliphatic carbocycles. The van der Waals surface area contributed by atoms with Gasteiger partial charge in [0.05, 0.1) is 0 Å². The van der Waals surface area contributed by atoms with Gasteiger partial charge in [-0.1, -0.05) is 6.42 Å². The van der Waals surface area contributed by atoms with Crippen molar-refractivity contribution in [1.29, 1.82) is 0 Å². The van der Waals surface area contributed by atoms with Crippen LogP contribution in [0.5, 0.6) is 0 Å². The Labute approximate surface area is 119 Å². The number of hydrogen-bond donors (Lipinski definition) is 3. The van der Waals surface area contributed by atoms with Crippen LogP contribution in [-0.4, -0.2) is 60.6 Å². The Balaban J connectivity index is 1.90. The maximum Gasteiger partial charge on any atom is 0.279 e. The highest BCUT2D eigenvalue weighted by Crippen LogP contribution is 2.19. The molecule has 2 rings (SSSR count). The average Bonchev–Trinajstić information content (AvgIpc) is 2.92. The van der Waals surface area contributed by atoms with E-state index in [2.05, 4.69) is 25.2 Å². The fourth-order valence-electron chi connectivity index (χ4n) is 2.46. The van der Waals surface area contributed by atoms with Gasteiger partial charge in [0.15, 0.2) is 0 Å². The van der Waals surface area contributed by atoms with Crippen LogP contribution in [0.15, 0.2) is 6.33 Å². The Bertz CT molecular complexity index is 487. The van der Waals surface area contributed by atoms with Crippen LogP contribution < -0.4 is 10.0 Å². The van der Waals surface area contributed by atoms with E-state index in [1.54, 1.807) is 4.31 Å². The minimum atomic E-state index is -3.43. The second-order valence-electron chi connectivity index (χ2n) is 4.90. The lowest BCUT2D eigenvalue weighted by atomic mass is 10.1. The first kappa shape index (κ1) is 15.4. The largest absolute Gasteiger partial charge is 0.318 e. The van der Waals surface area contributed by atoms with Gasteiger partial charge in [0.2, 0.25) is 0 Å². The third-order valence-electron chi connectivity index (χ3n) is 3.43. The maximum absolute atomic E-state index is 12.3. The quantitative estimate of drug-likeness (QED) is 0.615. The summed E-state index contributed by atoms with van der Waals surface area (Å²) in [5, 5.41) is 9.50. The van der Waals surface area contributed by atoms with Crippen molar-refractivity contribution in [3.63, 3.8) is 0 Å². The van der Waals surface area contributed by atoms with E-state index >= 15 is 0 Å². The fraction of sp³-hybridized carbons (Fsp3) is 0.818. The summed E-state index contributed by atoms with van der Waals surface area (Å²) in [5.74, 6) is 0.679. The Morgan fingerprint density at radius 1 is 1.50 bits per heavy atom. The number of aromatic amines is 1. The minimum Gasteiger partial charge on any atom is -0.318 e. The zero-order chi connectivity index (χ0) is 14.4. The molecule has 2 heterocycles. The molecular formula is C11H22N6O2S. The van der Waals surface area contributed by atoms with Crippen LogP contribution in [0.4, 0.5) is 0 Å². The predicted molar refractivity (Wildman–Crippen MR) is 75.3 cm³/mol. The first-order chi connectivity index (χ1) is 9.63. The molecule has 8 nitrogen and oxygen atoms in total. The van der Waals surface area contributed by atoms with Crippen molar-refractivity contribution in [2.45, 2.75) is 31.7 Å². The van der Waals surface area contributed by atoms with Gasteiger partial charge in [0.25, 0.3) is 10.2 Å². The molecular weight excluding hydrogens is 280 g/mol. The van der Waals surface area contributed by atoms with Gasteiger partial charge >= 0.3 is 0 Å². The zero-order valence-electron chi connectivity index (χ0n) is 11.7. The van der Waals surface area contributed by atoms with Gasteiger partial charge in [-0.3, -0.25) is 5.10 Å². The molecule has 0 saturated carbocycles. The molecule has 114 valence electrons. The number of aromatic nitrogens is 3. The Morgan fingerprint density at radius 3 is 3.05 bits per heavy atom. The van der Waals surface area contributed by atoms with E-state index in [1.165, 1.54) is 6.33 Å². The predicted octanol–water partition coefficient (Wildman–Crippen LogP) is -0.744. The van der Waals surface area contributed by atoms with Crippen molar-refractivity contribution in [2.75, 3.05) is 26.7 Å². The summed E-state index contributed by atoms with van der Waals surface area (Å²) in [6, 6.07) is 0.0385. The molecule has 1 aromatic heterocycles. The third kappa shape index (κ3) is 3.98. The summed E-state index contributed by atoms with van der Waals surface area (Å²) >= 11 is 0. The highest BCUT2D eigenvalue weighted by Gasteiger charge is 2.31. The number of likely N-dealkylation sites (N-methyl/N-ethyl adjacent to an activating group) is 1. The van der Waals surface area contributed by atoms with Crippen LogP contribution in [0.25, 0.3) is 0 Å². The molecule has 1 aliphatic rings. The lowest BCUT2D eigenvalue weighted by Gasteiger charge is -2.34. The molecule has 9 heteroatoms. The molecule has 3 N–H and O–H groups in total. The molecule has 1 aliphatic heterocycles. The summed E-state index contributed by atoms with van der Waals surface area (Å²) in [5.41, 5.74) is 0. The standard InChI is InChI=1S/C11H22N6O2S/c1-12-8-10-4-2-3-7-17(10)20(18,19)15-6-5-11-13-9-14-16-11/h9-10,12,15H,2-8H2,1H3,(H,13,14,16). The summed E-state index contributed by atoms with van der Waals surface area (Å²) in [4.78, 5) is 3.97. The fourth-order valence-corrected chi connectivity index (χ4v) is 3.93. The van der Waals surface area contributed by atoms with Crippen LogP contribution in [0, 0.1) is 0 Å². The van der Waals surface area contributed by atoms with Crippen LogP contribution in [0.2, 0.25) is 0 Å². The SMILES string of the molecule is CNCC1CCCCN1S(=O)(=O)NCCc1ncn[nH]1. The van der Waals surface area contributed by atoms with Gasteiger partial charge in [-0.15, -0.1) is 0 Å². The topological polar surface area (TPSA) is 103 Å². The number of H-pyrrole nitrogens is 1. The number of piperidine rings is 1. The van der Waals surface area contributed by atoms with Crippen molar-refractivity contribution >= 4 is 10.2 Å². The molecule has 1 saturated heterocycles. The monoisotopic (exact) mass is 302 g/mol. The molecule has 0 radical (unpaired) electrons. The lowest BCUT2D eigenvalue weighted by molar-refractivity contribution is 0.246. The molecule has 0 spiro atoms. The molecule has 20 heavy (non-hydrogen) atoms. The van der Waals surface area contributed by atoms with E-state index in [1.807, 2.05) is 7.05 Å². The molecule has 0 aromatic carbocycles. The van der Waals surface area contributed by atoms with Gasteiger partial charge in [-0.2, -0.15) is 17.8 Å². The molecule has 1 unspecified atom stereocenters. The molecule has 1 fully saturated rings. The molecule has 0 amide bonds. The van der Waals surface area contributed by atoms with Crippen molar-refractivity contribution in [2.24, 2.45) is 0 Å². The second kappa shape index (κ2) is 7.11. The normalized spacial score (nSPS) is 21.1. The first-order valence-electron chi connectivity index (χ1n) is 6.89. The molecule has 0 bridgehead atoms. The highest BCUT2D eigenvalue weighted by molar-refractivity contribution is 7.87. The number of rotatable bonds is 7. The second-order valence-corrected chi connectivity index (χ2v) is 6.61. The van der Waals surface area contributed by atoms with Crippen LogP contribution in [-0.2, 0) is 16.6 Å². The van der Waals surface area contributed by atoms with Crippen LogP contribution in [0.1, 0.15) is 25.1 Å².